The molecule has 0 aromatic heterocycles. The van der Waals surface area contributed by atoms with Crippen LogP contribution in [0.5, 0.6) is 0 Å². The van der Waals surface area contributed by atoms with Crippen LogP contribution in [-0.4, -0.2) is 13.1 Å². The molecule has 1 aromatic rings. The van der Waals surface area contributed by atoms with E-state index in [0.717, 1.165) is 0 Å². The highest BCUT2D eigenvalue weighted by molar-refractivity contribution is 6.32. The smallest absolute Gasteiger partial charge is 0.339 e. The topological polar surface area (TPSA) is 76.1 Å². The molecular formula is C10H9ClN2O2. The summed E-state index contributed by atoms with van der Waals surface area (Å²) >= 11 is 5.86. The first-order valence-corrected chi connectivity index (χ1v) is 4.53. The summed E-state index contributed by atoms with van der Waals surface area (Å²) in [5.74, 6) is -0.602. The summed E-state index contributed by atoms with van der Waals surface area (Å²) in [5, 5.41) is 9.19. The van der Waals surface area contributed by atoms with Gasteiger partial charge in [-0.05, 0) is 12.1 Å². The Kier molecular flexibility index (Phi) is 3.67. The van der Waals surface area contributed by atoms with Crippen molar-refractivity contribution in [2.24, 2.45) is 5.73 Å². The number of halogens is 1. The SMILES string of the molecule is COC(=O)c1c(C#N)ccc(Cl)c1CN. The average Bonchev–Trinajstić information content (AvgIpc) is 2.27. The second-order valence-corrected chi connectivity index (χ2v) is 3.16. The number of ether oxygens (including phenoxy) is 1. The first kappa shape index (κ1) is 11.5. The molecule has 1 rings (SSSR count). The molecule has 0 bridgehead atoms. The molecule has 0 amide bonds. The van der Waals surface area contributed by atoms with Gasteiger partial charge in [0.1, 0.15) is 6.07 Å². The number of carbonyl (C=O) groups excluding carboxylic acids is 1. The van der Waals surface area contributed by atoms with Gasteiger partial charge in [-0.1, -0.05) is 11.6 Å². The van der Waals surface area contributed by atoms with Gasteiger partial charge in [0.05, 0.1) is 18.2 Å². The lowest BCUT2D eigenvalue weighted by Crippen LogP contribution is -2.12. The van der Waals surface area contributed by atoms with Crippen molar-refractivity contribution in [3.63, 3.8) is 0 Å². The minimum absolute atomic E-state index is 0.0821. The highest BCUT2D eigenvalue weighted by Crippen LogP contribution is 2.23. The van der Waals surface area contributed by atoms with E-state index in [2.05, 4.69) is 4.74 Å². The van der Waals surface area contributed by atoms with E-state index in [9.17, 15) is 4.79 Å². The van der Waals surface area contributed by atoms with Crippen LogP contribution in [0.3, 0.4) is 0 Å². The van der Waals surface area contributed by atoms with Crippen molar-refractivity contribution in [3.05, 3.63) is 33.8 Å². The Bertz CT molecular complexity index is 438. The van der Waals surface area contributed by atoms with Crippen molar-refractivity contribution in [1.82, 2.24) is 0 Å². The number of methoxy groups -OCH3 is 1. The zero-order valence-electron chi connectivity index (χ0n) is 8.08. The first-order chi connectivity index (χ1) is 7.15. The molecule has 0 fully saturated rings. The molecule has 78 valence electrons. The predicted molar refractivity (Wildman–Crippen MR) is 55.4 cm³/mol. The number of nitriles is 1. The highest BCUT2D eigenvalue weighted by atomic mass is 35.5. The predicted octanol–water partition coefficient (Wildman–Crippen LogP) is 1.46. The van der Waals surface area contributed by atoms with Gasteiger partial charge in [0, 0.05) is 17.1 Å². The van der Waals surface area contributed by atoms with E-state index in [4.69, 9.17) is 22.6 Å². The van der Waals surface area contributed by atoms with Crippen LogP contribution in [0, 0.1) is 11.3 Å². The third kappa shape index (κ3) is 2.09. The molecule has 0 radical (unpaired) electrons. The zero-order chi connectivity index (χ0) is 11.4. The molecule has 0 atom stereocenters. The molecule has 15 heavy (non-hydrogen) atoms. The van der Waals surface area contributed by atoms with Crippen LogP contribution in [-0.2, 0) is 11.3 Å². The van der Waals surface area contributed by atoms with E-state index in [1.807, 2.05) is 6.07 Å². The third-order valence-corrected chi connectivity index (χ3v) is 2.32. The van der Waals surface area contributed by atoms with Gasteiger partial charge in [-0.2, -0.15) is 5.26 Å². The fraction of sp³-hybridized carbons (Fsp3) is 0.200. The normalized spacial score (nSPS) is 9.47. The van der Waals surface area contributed by atoms with Crippen molar-refractivity contribution in [1.29, 1.82) is 5.26 Å². The molecule has 0 aliphatic heterocycles. The fourth-order valence-electron chi connectivity index (χ4n) is 1.25. The maximum absolute atomic E-state index is 11.4. The van der Waals surface area contributed by atoms with Crippen molar-refractivity contribution in [2.45, 2.75) is 6.54 Å². The molecular weight excluding hydrogens is 216 g/mol. The standard InChI is InChI=1S/C10H9ClN2O2/c1-15-10(14)9-6(4-12)2-3-8(11)7(9)5-13/h2-3H,5,13H2,1H3. The summed E-state index contributed by atoms with van der Waals surface area (Å²) in [6, 6.07) is 4.90. The minimum atomic E-state index is -0.602. The summed E-state index contributed by atoms with van der Waals surface area (Å²) in [6.07, 6.45) is 0. The van der Waals surface area contributed by atoms with Crippen molar-refractivity contribution in [2.75, 3.05) is 7.11 Å². The summed E-state index contributed by atoms with van der Waals surface area (Å²) in [7, 11) is 1.24. The molecule has 0 spiro atoms. The van der Waals surface area contributed by atoms with Gasteiger partial charge in [-0.25, -0.2) is 4.79 Å². The van der Waals surface area contributed by atoms with Crippen LogP contribution in [0.4, 0.5) is 0 Å². The second kappa shape index (κ2) is 4.78. The number of hydrogen-bond acceptors (Lipinski definition) is 4. The Morgan fingerprint density at radius 3 is 2.80 bits per heavy atom. The van der Waals surface area contributed by atoms with Gasteiger partial charge in [-0.3, -0.25) is 0 Å². The van der Waals surface area contributed by atoms with Crippen LogP contribution in [0.15, 0.2) is 12.1 Å². The van der Waals surface area contributed by atoms with E-state index in [0.29, 0.717) is 10.6 Å². The largest absolute Gasteiger partial charge is 0.465 e. The van der Waals surface area contributed by atoms with E-state index in [1.165, 1.54) is 19.2 Å². The van der Waals surface area contributed by atoms with E-state index < -0.39 is 5.97 Å². The number of carbonyl (C=O) groups is 1. The zero-order valence-corrected chi connectivity index (χ0v) is 8.84. The Morgan fingerprint density at radius 2 is 2.33 bits per heavy atom. The van der Waals surface area contributed by atoms with Crippen LogP contribution < -0.4 is 5.73 Å². The van der Waals surface area contributed by atoms with Gasteiger partial charge in [0.2, 0.25) is 0 Å². The second-order valence-electron chi connectivity index (χ2n) is 2.76. The molecule has 1 aromatic carbocycles. The number of esters is 1. The van der Waals surface area contributed by atoms with Crippen molar-refractivity contribution in [3.8, 4) is 6.07 Å². The van der Waals surface area contributed by atoms with Crippen molar-refractivity contribution >= 4 is 17.6 Å². The molecule has 0 unspecified atom stereocenters. The first-order valence-electron chi connectivity index (χ1n) is 4.15. The fourth-order valence-corrected chi connectivity index (χ4v) is 1.48. The molecule has 0 heterocycles. The Hall–Kier alpha value is -1.57. The highest BCUT2D eigenvalue weighted by Gasteiger charge is 2.18. The van der Waals surface area contributed by atoms with Crippen molar-refractivity contribution < 1.29 is 9.53 Å². The lowest BCUT2D eigenvalue weighted by Gasteiger charge is -2.09. The maximum Gasteiger partial charge on any atom is 0.339 e. The summed E-state index contributed by atoms with van der Waals surface area (Å²) in [4.78, 5) is 11.4. The van der Waals surface area contributed by atoms with Crippen LogP contribution >= 0.6 is 11.6 Å². The molecule has 5 heteroatoms. The molecule has 0 saturated heterocycles. The Balaban J connectivity index is 3.49. The van der Waals surface area contributed by atoms with Gasteiger partial charge < -0.3 is 10.5 Å². The van der Waals surface area contributed by atoms with E-state index in [-0.39, 0.29) is 17.7 Å². The van der Waals surface area contributed by atoms with Gasteiger partial charge in [0.15, 0.2) is 0 Å². The third-order valence-electron chi connectivity index (χ3n) is 1.97. The number of benzene rings is 1. The Labute approximate surface area is 92.2 Å². The monoisotopic (exact) mass is 224 g/mol. The molecule has 0 aliphatic rings. The number of hydrogen-bond donors (Lipinski definition) is 1. The van der Waals surface area contributed by atoms with Crippen LogP contribution in [0.25, 0.3) is 0 Å². The molecule has 0 aliphatic carbocycles. The number of nitrogens with two attached hydrogens (primary N) is 1. The maximum atomic E-state index is 11.4. The Morgan fingerprint density at radius 1 is 1.67 bits per heavy atom. The van der Waals surface area contributed by atoms with E-state index in [1.54, 1.807) is 0 Å². The van der Waals surface area contributed by atoms with E-state index >= 15 is 0 Å². The lowest BCUT2D eigenvalue weighted by molar-refractivity contribution is 0.0599. The van der Waals surface area contributed by atoms with Crippen LogP contribution in [0.1, 0.15) is 21.5 Å². The lowest BCUT2D eigenvalue weighted by atomic mass is 10.0. The summed E-state index contributed by atoms with van der Waals surface area (Å²) < 4.78 is 4.57. The summed E-state index contributed by atoms with van der Waals surface area (Å²) in [6.45, 7) is 0.0821. The number of rotatable bonds is 2. The molecule has 2 N–H and O–H groups in total. The molecule has 0 saturated carbocycles. The number of nitrogens with zero attached hydrogens (tertiary/aromatic N) is 1. The van der Waals surface area contributed by atoms with Gasteiger partial charge >= 0.3 is 5.97 Å². The quantitative estimate of drug-likeness (QED) is 0.772. The van der Waals surface area contributed by atoms with Crippen LogP contribution in [0.2, 0.25) is 5.02 Å². The van der Waals surface area contributed by atoms with Gasteiger partial charge in [0.25, 0.3) is 0 Å². The summed E-state index contributed by atoms with van der Waals surface area (Å²) in [5.41, 5.74) is 6.26. The molecule has 4 nitrogen and oxygen atoms in total. The average molecular weight is 225 g/mol. The van der Waals surface area contributed by atoms with Gasteiger partial charge in [-0.15, -0.1) is 0 Å². The minimum Gasteiger partial charge on any atom is -0.465 e.